The third-order valence-electron chi connectivity index (χ3n) is 8.05. The lowest BCUT2D eigenvalue weighted by Gasteiger charge is -2.32. The molecule has 1 atom stereocenters. The van der Waals surface area contributed by atoms with E-state index in [2.05, 4.69) is 23.3 Å². The van der Waals surface area contributed by atoms with Crippen molar-refractivity contribution < 1.29 is 14.6 Å². The molecule has 9 heteroatoms. The highest BCUT2D eigenvalue weighted by molar-refractivity contribution is 5.72. The van der Waals surface area contributed by atoms with Gasteiger partial charge in [0.15, 0.2) is 11.8 Å². The van der Waals surface area contributed by atoms with Gasteiger partial charge in [-0.2, -0.15) is 5.26 Å². The first kappa shape index (κ1) is 28.2. The van der Waals surface area contributed by atoms with Crippen LogP contribution < -0.4 is 5.56 Å². The average Bonchev–Trinajstić information content (AvgIpc) is 3.48. The molecule has 0 spiro atoms. The van der Waals surface area contributed by atoms with Crippen LogP contribution >= 0.6 is 0 Å². The molecule has 1 aliphatic rings. The second-order valence-corrected chi connectivity index (χ2v) is 10.7. The fourth-order valence-electron chi connectivity index (χ4n) is 5.95. The van der Waals surface area contributed by atoms with Gasteiger partial charge >= 0.3 is 5.97 Å². The Hall–Kier alpha value is -4.29. The first-order chi connectivity index (χ1) is 19.9. The summed E-state index contributed by atoms with van der Waals surface area (Å²) in [4.78, 5) is 25.6. The van der Waals surface area contributed by atoms with E-state index in [-0.39, 0.29) is 17.7 Å². The molecule has 0 bridgehead atoms. The van der Waals surface area contributed by atoms with Gasteiger partial charge in [0.1, 0.15) is 0 Å². The van der Waals surface area contributed by atoms with Crippen LogP contribution in [0.3, 0.4) is 0 Å². The number of aryl methyl sites for hydroxylation is 1. The number of fused-ring (bicyclic) bond motifs is 1. The third kappa shape index (κ3) is 5.79. The average molecular weight is 554 g/mol. The molecule has 1 unspecified atom stereocenters. The second-order valence-electron chi connectivity index (χ2n) is 10.7. The number of nitriles is 1. The molecule has 5 rings (SSSR count). The third-order valence-corrected chi connectivity index (χ3v) is 8.05. The Morgan fingerprint density at radius 3 is 2.51 bits per heavy atom. The summed E-state index contributed by atoms with van der Waals surface area (Å²) in [7, 11) is 0. The summed E-state index contributed by atoms with van der Waals surface area (Å²) in [6, 6.07) is 17.8. The predicted molar refractivity (Wildman–Crippen MR) is 155 cm³/mol. The molecule has 0 aliphatic heterocycles. The summed E-state index contributed by atoms with van der Waals surface area (Å²) in [6.45, 7) is 3.90. The summed E-state index contributed by atoms with van der Waals surface area (Å²) >= 11 is 0. The zero-order valence-electron chi connectivity index (χ0n) is 23.5. The van der Waals surface area contributed by atoms with Gasteiger partial charge in [0.25, 0.3) is 5.56 Å². The van der Waals surface area contributed by atoms with Gasteiger partial charge in [-0.3, -0.25) is 9.36 Å². The Bertz CT molecular complexity index is 1620. The molecule has 2 heterocycles. The van der Waals surface area contributed by atoms with Crippen LogP contribution in [0.4, 0.5) is 0 Å². The number of carbonyl (C=O) groups is 1. The molecule has 0 saturated heterocycles. The van der Waals surface area contributed by atoms with E-state index in [0.29, 0.717) is 61.7 Å². The van der Waals surface area contributed by atoms with E-state index >= 15 is 0 Å². The van der Waals surface area contributed by atoms with Gasteiger partial charge in [0.2, 0.25) is 0 Å². The highest BCUT2D eigenvalue weighted by Crippen LogP contribution is 2.32. The van der Waals surface area contributed by atoms with E-state index in [9.17, 15) is 20.0 Å². The maximum atomic E-state index is 14.2. The van der Waals surface area contributed by atoms with E-state index < -0.39 is 12.1 Å². The molecular weight excluding hydrogens is 518 g/mol. The standard InChI is InChI=1S/C32H35N5O4/c1-3-7-28-27(18-21-10-12-22(13-11-21)26-9-6-5-8-23(26)19-33)31(38)36(30-20-34-35-37(28)30)24-14-16-25(17-15-24)41-29(4-2)32(39)40/h5-6,8-13,20,24-25,29H,3-4,7,14-18H2,1-2H3,(H,39,40). The number of ether oxygens (including phenoxy) is 1. The molecule has 1 fully saturated rings. The van der Waals surface area contributed by atoms with E-state index in [1.807, 2.05) is 64.5 Å². The lowest BCUT2D eigenvalue weighted by Crippen LogP contribution is -2.36. The zero-order chi connectivity index (χ0) is 28.9. The van der Waals surface area contributed by atoms with Crippen LogP contribution in [-0.4, -0.2) is 42.7 Å². The Kier molecular flexibility index (Phi) is 8.60. The largest absolute Gasteiger partial charge is 0.479 e. The Morgan fingerprint density at radius 2 is 1.85 bits per heavy atom. The number of aliphatic carboxylic acids is 1. The van der Waals surface area contributed by atoms with Crippen LogP contribution in [0.15, 0.2) is 59.5 Å². The Morgan fingerprint density at radius 1 is 1.12 bits per heavy atom. The smallest absolute Gasteiger partial charge is 0.332 e. The first-order valence-electron chi connectivity index (χ1n) is 14.4. The molecule has 212 valence electrons. The number of carboxylic acid groups (broad SMARTS) is 1. The quantitative estimate of drug-likeness (QED) is 0.281. The van der Waals surface area contributed by atoms with Gasteiger partial charge in [-0.15, -0.1) is 5.10 Å². The van der Waals surface area contributed by atoms with Crippen molar-refractivity contribution in [2.45, 2.75) is 83.5 Å². The predicted octanol–water partition coefficient (Wildman–Crippen LogP) is 5.34. The minimum atomic E-state index is -0.934. The minimum absolute atomic E-state index is 0.0245. The fraction of sp³-hybridized carbons (Fsp3) is 0.406. The van der Waals surface area contributed by atoms with E-state index in [1.165, 1.54) is 0 Å². The van der Waals surface area contributed by atoms with Crippen molar-refractivity contribution >= 4 is 11.6 Å². The highest BCUT2D eigenvalue weighted by Gasteiger charge is 2.30. The molecule has 4 aromatic rings. The summed E-state index contributed by atoms with van der Waals surface area (Å²) in [5, 5.41) is 27.4. The van der Waals surface area contributed by atoms with Gasteiger partial charge in [-0.25, -0.2) is 9.31 Å². The van der Waals surface area contributed by atoms with Gasteiger partial charge < -0.3 is 9.84 Å². The fourth-order valence-corrected chi connectivity index (χ4v) is 5.95. The Balaban J connectivity index is 1.46. The lowest BCUT2D eigenvalue weighted by molar-refractivity contribution is -0.156. The second kappa shape index (κ2) is 12.5. The molecule has 1 saturated carbocycles. The molecule has 0 amide bonds. The summed E-state index contributed by atoms with van der Waals surface area (Å²) in [5.41, 5.74) is 5.72. The summed E-state index contributed by atoms with van der Waals surface area (Å²) in [6.07, 6.45) is 5.96. The van der Waals surface area contributed by atoms with Crippen LogP contribution in [0.5, 0.6) is 0 Å². The summed E-state index contributed by atoms with van der Waals surface area (Å²) in [5.74, 6) is -0.934. The molecule has 1 N–H and O–H groups in total. The molecule has 2 aromatic heterocycles. The molecule has 2 aromatic carbocycles. The number of benzene rings is 2. The first-order valence-corrected chi connectivity index (χ1v) is 14.4. The van der Waals surface area contributed by atoms with Gasteiger partial charge in [0, 0.05) is 18.0 Å². The SMILES string of the molecule is CCCc1c(Cc2ccc(-c3ccccc3C#N)cc2)c(=O)n(C2CCC(OC(CC)C(=O)O)CC2)c2cnnn12. The molecule has 1 aliphatic carbocycles. The number of nitrogens with zero attached hydrogens (tertiary/aromatic N) is 5. The van der Waals surface area contributed by atoms with E-state index in [0.717, 1.165) is 28.8 Å². The van der Waals surface area contributed by atoms with Crippen LogP contribution in [0.2, 0.25) is 0 Å². The van der Waals surface area contributed by atoms with Crippen molar-refractivity contribution in [3.8, 4) is 17.2 Å². The number of hydrogen-bond donors (Lipinski definition) is 1. The van der Waals surface area contributed by atoms with Crippen molar-refractivity contribution in [1.29, 1.82) is 5.26 Å². The topological polar surface area (TPSA) is 123 Å². The van der Waals surface area contributed by atoms with Crippen LogP contribution in [0.25, 0.3) is 16.8 Å². The molecular formula is C32H35N5O4. The number of carboxylic acids is 1. The van der Waals surface area contributed by atoms with Crippen molar-refractivity contribution in [2.75, 3.05) is 0 Å². The summed E-state index contributed by atoms with van der Waals surface area (Å²) < 4.78 is 9.53. The molecule has 0 radical (unpaired) electrons. The van der Waals surface area contributed by atoms with Gasteiger partial charge in [0.05, 0.1) is 29.6 Å². The van der Waals surface area contributed by atoms with Gasteiger partial charge in [-0.05, 0) is 61.3 Å². The maximum absolute atomic E-state index is 14.2. The lowest BCUT2D eigenvalue weighted by atomic mass is 9.92. The number of aromatic nitrogens is 4. The molecule has 41 heavy (non-hydrogen) atoms. The maximum Gasteiger partial charge on any atom is 0.332 e. The van der Waals surface area contributed by atoms with Crippen molar-refractivity contribution in [1.82, 2.24) is 19.4 Å². The van der Waals surface area contributed by atoms with Crippen molar-refractivity contribution in [3.05, 3.63) is 87.5 Å². The highest BCUT2D eigenvalue weighted by atomic mass is 16.5. The van der Waals surface area contributed by atoms with Crippen molar-refractivity contribution in [3.63, 3.8) is 0 Å². The van der Waals surface area contributed by atoms with Crippen molar-refractivity contribution in [2.24, 2.45) is 0 Å². The normalized spacial score (nSPS) is 17.8. The minimum Gasteiger partial charge on any atom is -0.479 e. The van der Waals surface area contributed by atoms with Gasteiger partial charge in [-0.1, -0.05) is 67.9 Å². The van der Waals surface area contributed by atoms with Crippen LogP contribution in [0.1, 0.15) is 80.8 Å². The van der Waals surface area contributed by atoms with Crippen LogP contribution in [-0.2, 0) is 22.4 Å². The number of hydrogen-bond acceptors (Lipinski definition) is 6. The zero-order valence-corrected chi connectivity index (χ0v) is 23.5. The molecule has 9 nitrogen and oxygen atoms in total. The number of rotatable bonds is 10. The Labute approximate surface area is 239 Å². The van der Waals surface area contributed by atoms with E-state index in [1.54, 1.807) is 6.20 Å². The van der Waals surface area contributed by atoms with Crippen LogP contribution in [0, 0.1) is 11.3 Å². The van der Waals surface area contributed by atoms with E-state index in [4.69, 9.17) is 4.74 Å². The monoisotopic (exact) mass is 553 g/mol.